The van der Waals surface area contributed by atoms with Crippen LogP contribution in [0.3, 0.4) is 0 Å². The number of halogens is 1. The highest BCUT2D eigenvalue weighted by Gasteiger charge is 2.23. The third-order valence-electron chi connectivity index (χ3n) is 2.51. The lowest BCUT2D eigenvalue weighted by Crippen LogP contribution is -2.35. The van der Waals surface area contributed by atoms with E-state index in [4.69, 9.17) is 21.2 Å². The van der Waals surface area contributed by atoms with Crippen LogP contribution in [0.15, 0.2) is 34.9 Å². The Labute approximate surface area is 119 Å². The summed E-state index contributed by atoms with van der Waals surface area (Å²) in [4.78, 5) is 24.3. The van der Waals surface area contributed by atoms with Crippen molar-refractivity contribution >= 4 is 29.2 Å². The molecule has 2 aromatic rings. The normalized spacial score (nSPS) is 10.3. The zero-order valence-corrected chi connectivity index (χ0v) is 11.3. The predicted octanol–water partition coefficient (Wildman–Crippen LogP) is 2.37. The molecule has 0 saturated carbocycles. The molecule has 7 heteroatoms. The second-order valence-electron chi connectivity index (χ2n) is 4.09. The highest BCUT2D eigenvalue weighted by Crippen LogP contribution is 2.21. The summed E-state index contributed by atoms with van der Waals surface area (Å²) >= 11 is 5.86. The molecule has 20 heavy (non-hydrogen) atoms. The van der Waals surface area contributed by atoms with Crippen LogP contribution >= 0.6 is 11.6 Å². The number of nitrogens with zero attached hydrogens (tertiary/aromatic N) is 2. The van der Waals surface area contributed by atoms with Crippen LogP contribution < -0.4 is 4.90 Å². The molecule has 0 aliphatic rings. The van der Waals surface area contributed by atoms with Crippen LogP contribution in [0, 0.1) is 6.92 Å². The van der Waals surface area contributed by atoms with Gasteiger partial charge in [-0.2, -0.15) is 0 Å². The van der Waals surface area contributed by atoms with E-state index < -0.39 is 18.4 Å². The molecule has 6 nitrogen and oxygen atoms in total. The van der Waals surface area contributed by atoms with Crippen molar-refractivity contribution in [3.63, 3.8) is 0 Å². The van der Waals surface area contributed by atoms with E-state index in [1.807, 2.05) is 0 Å². The molecule has 0 aliphatic heterocycles. The number of hydrogen-bond donors (Lipinski definition) is 1. The molecule has 0 saturated heterocycles. The van der Waals surface area contributed by atoms with Crippen molar-refractivity contribution in [2.45, 2.75) is 6.92 Å². The largest absolute Gasteiger partial charge is 0.480 e. The number of aliphatic carboxylic acids is 1. The van der Waals surface area contributed by atoms with Gasteiger partial charge in [-0.1, -0.05) is 22.8 Å². The Morgan fingerprint density at radius 1 is 1.40 bits per heavy atom. The molecular formula is C13H11ClN2O4. The summed E-state index contributed by atoms with van der Waals surface area (Å²) in [5.74, 6) is -1.24. The molecular weight excluding hydrogens is 284 g/mol. The van der Waals surface area contributed by atoms with Gasteiger partial charge in [0.25, 0.3) is 5.91 Å². The summed E-state index contributed by atoms with van der Waals surface area (Å²) in [5.41, 5.74) is 0.425. The topological polar surface area (TPSA) is 83.6 Å². The summed E-state index contributed by atoms with van der Waals surface area (Å²) in [7, 11) is 0. The monoisotopic (exact) mass is 294 g/mol. The van der Waals surface area contributed by atoms with Gasteiger partial charge < -0.3 is 9.63 Å². The third kappa shape index (κ3) is 3.16. The number of hydrogen-bond acceptors (Lipinski definition) is 4. The van der Waals surface area contributed by atoms with Crippen LogP contribution in [-0.2, 0) is 4.79 Å². The van der Waals surface area contributed by atoms with Gasteiger partial charge in [0, 0.05) is 16.8 Å². The highest BCUT2D eigenvalue weighted by atomic mass is 35.5. The SMILES string of the molecule is Cc1cc(C(=O)N(CC(=O)O)c2cccc(Cl)c2)no1. The van der Waals surface area contributed by atoms with E-state index in [-0.39, 0.29) is 5.69 Å². The van der Waals surface area contributed by atoms with Crippen LogP contribution in [-0.4, -0.2) is 28.7 Å². The number of carboxylic acid groups (broad SMARTS) is 1. The average molecular weight is 295 g/mol. The smallest absolute Gasteiger partial charge is 0.323 e. The minimum absolute atomic E-state index is 0.0451. The molecule has 0 radical (unpaired) electrons. The van der Waals surface area contributed by atoms with Crippen molar-refractivity contribution in [2.24, 2.45) is 0 Å². The summed E-state index contributed by atoms with van der Waals surface area (Å²) in [6.45, 7) is 1.15. The molecule has 1 aromatic heterocycles. The molecule has 0 fully saturated rings. The van der Waals surface area contributed by atoms with Gasteiger partial charge in [0.15, 0.2) is 5.69 Å². The maximum absolute atomic E-state index is 12.3. The molecule has 1 amide bonds. The number of carbonyl (C=O) groups excluding carboxylic acids is 1. The molecule has 1 N–H and O–H groups in total. The average Bonchev–Trinajstić information content (AvgIpc) is 2.81. The molecule has 2 rings (SSSR count). The number of carboxylic acids is 1. The first-order valence-corrected chi connectivity index (χ1v) is 6.07. The molecule has 1 aromatic carbocycles. The van der Waals surface area contributed by atoms with Crippen LogP contribution in [0.4, 0.5) is 5.69 Å². The number of aromatic nitrogens is 1. The summed E-state index contributed by atoms with van der Waals surface area (Å²) in [6, 6.07) is 7.82. The molecule has 0 atom stereocenters. The Bertz CT molecular complexity index is 653. The van der Waals surface area contributed by atoms with Gasteiger partial charge in [-0.25, -0.2) is 0 Å². The zero-order valence-electron chi connectivity index (χ0n) is 10.5. The molecule has 0 aliphatic carbocycles. The fourth-order valence-electron chi connectivity index (χ4n) is 1.67. The lowest BCUT2D eigenvalue weighted by molar-refractivity contribution is -0.135. The van der Waals surface area contributed by atoms with E-state index in [2.05, 4.69) is 5.16 Å². The van der Waals surface area contributed by atoms with E-state index in [1.165, 1.54) is 12.1 Å². The Morgan fingerprint density at radius 3 is 2.70 bits per heavy atom. The zero-order chi connectivity index (χ0) is 14.7. The maximum Gasteiger partial charge on any atom is 0.323 e. The predicted molar refractivity (Wildman–Crippen MR) is 72.0 cm³/mol. The first kappa shape index (κ1) is 14.1. The second-order valence-corrected chi connectivity index (χ2v) is 4.52. The van der Waals surface area contributed by atoms with Gasteiger partial charge in [-0.05, 0) is 25.1 Å². The Hall–Kier alpha value is -2.34. The van der Waals surface area contributed by atoms with E-state index in [1.54, 1.807) is 25.1 Å². The Balaban J connectivity index is 2.37. The molecule has 1 heterocycles. The molecule has 0 bridgehead atoms. The van der Waals surface area contributed by atoms with Crippen molar-refractivity contribution in [1.82, 2.24) is 5.16 Å². The fourth-order valence-corrected chi connectivity index (χ4v) is 1.85. The Morgan fingerprint density at radius 2 is 2.15 bits per heavy atom. The first-order chi connectivity index (χ1) is 9.47. The second kappa shape index (κ2) is 5.75. The minimum atomic E-state index is -1.14. The molecule has 104 valence electrons. The lowest BCUT2D eigenvalue weighted by Gasteiger charge is -2.19. The fraction of sp³-hybridized carbons (Fsp3) is 0.154. The third-order valence-corrected chi connectivity index (χ3v) is 2.74. The van der Waals surface area contributed by atoms with Crippen molar-refractivity contribution in [1.29, 1.82) is 0 Å². The van der Waals surface area contributed by atoms with Crippen LogP contribution in [0.2, 0.25) is 5.02 Å². The molecule has 0 unspecified atom stereocenters. The van der Waals surface area contributed by atoms with Crippen molar-refractivity contribution < 1.29 is 19.2 Å². The van der Waals surface area contributed by atoms with Crippen LogP contribution in [0.1, 0.15) is 16.2 Å². The van der Waals surface area contributed by atoms with Gasteiger partial charge >= 0.3 is 5.97 Å². The van der Waals surface area contributed by atoms with E-state index in [9.17, 15) is 9.59 Å². The highest BCUT2D eigenvalue weighted by molar-refractivity contribution is 6.31. The maximum atomic E-state index is 12.3. The van der Waals surface area contributed by atoms with E-state index >= 15 is 0 Å². The Kier molecular flexibility index (Phi) is 4.05. The number of aryl methyl sites for hydroxylation is 1. The molecule has 0 spiro atoms. The van der Waals surface area contributed by atoms with E-state index in [0.29, 0.717) is 16.5 Å². The minimum Gasteiger partial charge on any atom is -0.480 e. The summed E-state index contributed by atoms with van der Waals surface area (Å²) in [5, 5.41) is 12.9. The van der Waals surface area contributed by atoms with Gasteiger partial charge in [0.2, 0.25) is 0 Å². The number of benzene rings is 1. The van der Waals surface area contributed by atoms with Gasteiger partial charge in [-0.15, -0.1) is 0 Å². The van der Waals surface area contributed by atoms with Crippen molar-refractivity contribution in [3.05, 3.63) is 46.8 Å². The number of rotatable bonds is 4. The van der Waals surface area contributed by atoms with Gasteiger partial charge in [0.1, 0.15) is 12.3 Å². The van der Waals surface area contributed by atoms with Crippen LogP contribution in [0.5, 0.6) is 0 Å². The summed E-state index contributed by atoms with van der Waals surface area (Å²) < 4.78 is 4.83. The van der Waals surface area contributed by atoms with E-state index in [0.717, 1.165) is 4.90 Å². The first-order valence-electron chi connectivity index (χ1n) is 5.70. The van der Waals surface area contributed by atoms with Gasteiger partial charge in [-0.3, -0.25) is 14.5 Å². The van der Waals surface area contributed by atoms with Gasteiger partial charge in [0.05, 0.1) is 0 Å². The number of anilines is 1. The van der Waals surface area contributed by atoms with Crippen molar-refractivity contribution in [2.75, 3.05) is 11.4 Å². The van der Waals surface area contributed by atoms with Crippen LogP contribution in [0.25, 0.3) is 0 Å². The number of amides is 1. The standard InChI is InChI=1S/C13H11ClN2O4/c1-8-5-11(15-20-8)13(19)16(7-12(17)18)10-4-2-3-9(14)6-10/h2-6H,7H2,1H3,(H,17,18). The number of carbonyl (C=O) groups is 2. The lowest BCUT2D eigenvalue weighted by atomic mass is 10.2. The van der Waals surface area contributed by atoms with Crippen molar-refractivity contribution in [3.8, 4) is 0 Å². The summed E-state index contributed by atoms with van der Waals surface area (Å²) in [6.07, 6.45) is 0. The quantitative estimate of drug-likeness (QED) is 0.936.